The zero-order valence-electron chi connectivity index (χ0n) is 11.3. The molecule has 3 rings (SSSR count). The van der Waals surface area contributed by atoms with Crippen molar-refractivity contribution < 1.29 is 4.74 Å². The number of benzene rings is 1. The first-order valence-electron chi connectivity index (χ1n) is 6.74. The summed E-state index contributed by atoms with van der Waals surface area (Å²) >= 11 is 0. The van der Waals surface area contributed by atoms with Crippen LogP contribution in [0.5, 0.6) is 5.75 Å². The SMILES string of the molecule is CC(C)c1ccc(OCC2CC2)c2nn(C)cc12. The Morgan fingerprint density at radius 3 is 2.83 bits per heavy atom. The van der Waals surface area contributed by atoms with Crippen molar-refractivity contribution in [3.8, 4) is 5.75 Å². The molecule has 1 aromatic carbocycles. The smallest absolute Gasteiger partial charge is 0.147 e. The molecule has 1 aliphatic rings. The van der Waals surface area contributed by atoms with Crippen molar-refractivity contribution in [1.82, 2.24) is 9.78 Å². The zero-order chi connectivity index (χ0) is 12.7. The van der Waals surface area contributed by atoms with E-state index in [1.165, 1.54) is 23.8 Å². The van der Waals surface area contributed by atoms with Crippen LogP contribution >= 0.6 is 0 Å². The van der Waals surface area contributed by atoms with E-state index in [1.807, 2.05) is 11.7 Å². The van der Waals surface area contributed by atoms with Crippen molar-refractivity contribution in [2.45, 2.75) is 32.6 Å². The average molecular weight is 244 g/mol. The molecule has 18 heavy (non-hydrogen) atoms. The Balaban J connectivity index is 2.01. The molecule has 3 nitrogen and oxygen atoms in total. The van der Waals surface area contributed by atoms with Gasteiger partial charge >= 0.3 is 0 Å². The molecular formula is C15H20N2O. The van der Waals surface area contributed by atoms with Crippen LogP contribution in [0.2, 0.25) is 0 Å². The summed E-state index contributed by atoms with van der Waals surface area (Å²) in [5.41, 5.74) is 2.35. The molecule has 96 valence electrons. The number of rotatable bonds is 4. The summed E-state index contributed by atoms with van der Waals surface area (Å²) in [6.07, 6.45) is 4.72. The van der Waals surface area contributed by atoms with Crippen molar-refractivity contribution >= 4 is 10.9 Å². The van der Waals surface area contributed by atoms with Crippen LogP contribution in [0.15, 0.2) is 18.3 Å². The molecular weight excluding hydrogens is 224 g/mol. The Hall–Kier alpha value is -1.51. The highest BCUT2D eigenvalue weighted by atomic mass is 16.5. The minimum atomic E-state index is 0.509. The molecule has 0 radical (unpaired) electrons. The lowest BCUT2D eigenvalue weighted by Gasteiger charge is -2.10. The van der Waals surface area contributed by atoms with Gasteiger partial charge in [-0.3, -0.25) is 4.68 Å². The fourth-order valence-corrected chi connectivity index (χ4v) is 2.33. The van der Waals surface area contributed by atoms with Crippen molar-refractivity contribution in [2.24, 2.45) is 13.0 Å². The predicted molar refractivity (Wildman–Crippen MR) is 73.0 cm³/mol. The quantitative estimate of drug-likeness (QED) is 0.823. The maximum atomic E-state index is 5.92. The predicted octanol–water partition coefficient (Wildman–Crippen LogP) is 3.49. The first kappa shape index (κ1) is 11.6. The molecule has 0 spiro atoms. The Kier molecular flexibility index (Phi) is 2.77. The van der Waals surface area contributed by atoms with Gasteiger partial charge in [0, 0.05) is 18.6 Å². The lowest BCUT2D eigenvalue weighted by atomic mass is 9.99. The third kappa shape index (κ3) is 2.09. The van der Waals surface area contributed by atoms with Gasteiger partial charge < -0.3 is 4.74 Å². The highest BCUT2D eigenvalue weighted by Gasteiger charge is 2.22. The molecule has 1 saturated carbocycles. The van der Waals surface area contributed by atoms with Gasteiger partial charge in [0.05, 0.1) is 6.61 Å². The van der Waals surface area contributed by atoms with Crippen LogP contribution in [0.25, 0.3) is 10.9 Å². The van der Waals surface area contributed by atoms with E-state index < -0.39 is 0 Å². The molecule has 1 aromatic heterocycles. The molecule has 1 heterocycles. The van der Waals surface area contributed by atoms with Crippen molar-refractivity contribution in [2.75, 3.05) is 6.61 Å². The molecule has 1 aliphatic carbocycles. The first-order chi connectivity index (χ1) is 8.65. The van der Waals surface area contributed by atoms with Crippen LogP contribution in [-0.4, -0.2) is 16.4 Å². The Morgan fingerprint density at radius 2 is 2.17 bits per heavy atom. The number of ether oxygens (including phenoxy) is 1. The fraction of sp³-hybridized carbons (Fsp3) is 0.533. The molecule has 2 aromatic rings. The molecule has 3 heteroatoms. The number of hydrogen-bond donors (Lipinski definition) is 0. The van der Waals surface area contributed by atoms with Gasteiger partial charge in [0.15, 0.2) is 0 Å². The van der Waals surface area contributed by atoms with Gasteiger partial charge in [-0.15, -0.1) is 0 Å². The molecule has 0 atom stereocenters. The lowest BCUT2D eigenvalue weighted by molar-refractivity contribution is 0.302. The Bertz CT molecular complexity index is 567. The van der Waals surface area contributed by atoms with Gasteiger partial charge in [-0.25, -0.2) is 0 Å². The monoisotopic (exact) mass is 244 g/mol. The number of fused-ring (bicyclic) bond motifs is 1. The summed E-state index contributed by atoms with van der Waals surface area (Å²) in [6.45, 7) is 5.27. The third-order valence-corrected chi connectivity index (χ3v) is 3.58. The van der Waals surface area contributed by atoms with E-state index in [0.717, 1.165) is 23.8 Å². The maximum Gasteiger partial charge on any atom is 0.147 e. The van der Waals surface area contributed by atoms with Crippen LogP contribution in [0.4, 0.5) is 0 Å². The summed E-state index contributed by atoms with van der Waals surface area (Å²) in [4.78, 5) is 0. The van der Waals surface area contributed by atoms with Crippen molar-refractivity contribution in [1.29, 1.82) is 0 Å². The van der Waals surface area contributed by atoms with E-state index >= 15 is 0 Å². The summed E-state index contributed by atoms with van der Waals surface area (Å²) < 4.78 is 7.79. The minimum Gasteiger partial charge on any atom is -0.491 e. The molecule has 1 fully saturated rings. The fourth-order valence-electron chi connectivity index (χ4n) is 2.33. The normalized spacial score (nSPS) is 15.6. The molecule has 0 unspecified atom stereocenters. The second kappa shape index (κ2) is 4.30. The van der Waals surface area contributed by atoms with Crippen molar-refractivity contribution in [3.63, 3.8) is 0 Å². The third-order valence-electron chi connectivity index (χ3n) is 3.58. The van der Waals surface area contributed by atoms with E-state index in [4.69, 9.17) is 4.74 Å². The topological polar surface area (TPSA) is 27.1 Å². The van der Waals surface area contributed by atoms with E-state index in [9.17, 15) is 0 Å². The first-order valence-corrected chi connectivity index (χ1v) is 6.74. The van der Waals surface area contributed by atoms with Gasteiger partial charge in [0.1, 0.15) is 11.3 Å². The van der Waals surface area contributed by atoms with E-state index in [0.29, 0.717) is 5.92 Å². The minimum absolute atomic E-state index is 0.509. The summed E-state index contributed by atoms with van der Waals surface area (Å²) in [5.74, 6) is 2.21. The highest BCUT2D eigenvalue weighted by Crippen LogP contribution is 2.34. The summed E-state index contributed by atoms with van der Waals surface area (Å²) in [5, 5.41) is 5.77. The summed E-state index contributed by atoms with van der Waals surface area (Å²) in [6, 6.07) is 4.25. The van der Waals surface area contributed by atoms with Gasteiger partial charge in [-0.1, -0.05) is 19.9 Å². The van der Waals surface area contributed by atoms with Crippen LogP contribution in [0.1, 0.15) is 38.2 Å². The standard InChI is InChI=1S/C15H20N2O/c1-10(2)12-6-7-14(18-9-11-4-5-11)15-13(12)8-17(3)16-15/h6-8,10-11H,4-5,9H2,1-3H3. The van der Waals surface area contributed by atoms with Gasteiger partial charge in [0.25, 0.3) is 0 Å². The second-order valence-corrected chi connectivity index (χ2v) is 5.63. The van der Waals surface area contributed by atoms with Crippen LogP contribution in [0.3, 0.4) is 0 Å². The van der Waals surface area contributed by atoms with Crippen molar-refractivity contribution in [3.05, 3.63) is 23.9 Å². The van der Waals surface area contributed by atoms with Gasteiger partial charge in [0.2, 0.25) is 0 Å². The number of nitrogens with zero attached hydrogens (tertiary/aromatic N) is 2. The van der Waals surface area contributed by atoms with Gasteiger partial charge in [-0.05, 0) is 36.3 Å². The van der Waals surface area contributed by atoms with Gasteiger partial charge in [-0.2, -0.15) is 5.10 Å². The Morgan fingerprint density at radius 1 is 1.39 bits per heavy atom. The van der Waals surface area contributed by atoms with E-state index in [2.05, 4.69) is 37.3 Å². The molecule has 0 saturated heterocycles. The largest absolute Gasteiger partial charge is 0.491 e. The number of aryl methyl sites for hydroxylation is 1. The molecule has 0 amide bonds. The Labute approximate surface area is 108 Å². The zero-order valence-corrected chi connectivity index (χ0v) is 11.3. The number of aromatic nitrogens is 2. The maximum absolute atomic E-state index is 5.92. The van der Waals surface area contributed by atoms with Crippen LogP contribution in [-0.2, 0) is 7.05 Å². The van der Waals surface area contributed by atoms with Crippen LogP contribution in [0, 0.1) is 5.92 Å². The van der Waals surface area contributed by atoms with Crippen LogP contribution < -0.4 is 4.74 Å². The number of hydrogen-bond acceptors (Lipinski definition) is 2. The highest BCUT2D eigenvalue weighted by molar-refractivity contribution is 5.87. The average Bonchev–Trinajstić information content (AvgIpc) is 3.06. The molecule has 0 N–H and O–H groups in total. The molecule has 0 bridgehead atoms. The molecule has 0 aliphatic heterocycles. The van der Waals surface area contributed by atoms with E-state index in [1.54, 1.807) is 0 Å². The summed E-state index contributed by atoms with van der Waals surface area (Å²) in [7, 11) is 1.97. The second-order valence-electron chi connectivity index (χ2n) is 5.63. The van der Waals surface area contributed by atoms with E-state index in [-0.39, 0.29) is 0 Å². The lowest BCUT2D eigenvalue weighted by Crippen LogP contribution is -2.00.